The maximum absolute atomic E-state index is 11.7. The minimum absolute atomic E-state index is 0.136. The quantitative estimate of drug-likeness (QED) is 0.108. The smallest absolute Gasteiger partial charge is 0.324 e. The third-order valence-electron chi connectivity index (χ3n) is 5.12. The molecule has 3 rings (SSSR count). The van der Waals surface area contributed by atoms with E-state index in [1.165, 1.54) is 23.8 Å². The average molecular weight is 738 g/mol. The van der Waals surface area contributed by atoms with Gasteiger partial charge in [-0.25, -0.2) is 4.31 Å². The minimum Gasteiger partial charge on any atom is -0.491 e. The number of benzene rings is 3. The molecule has 7 nitrogen and oxygen atoms in total. The summed E-state index contributed by atoms with van der Waals surface area (Å²) in [5.74, 6) is -1.28. The summed E-state index contributed by atoms with van der Waals surface area (Å²) < 4.78 is 9.81. The summed E-state index contributed by atoms with van der Waals surface area (Å²) in [6.45, 7) is 0.430. The first-order valence-corrected chi connectivity index (χ1v) is 17.3. The van der Waals surface area contributed by atoms with Crippen molar-refractivity contribution in [3.63, 3.8) is 0 Å². The Morgan fingerprint density at radius 2 is 1.60 bits per heavy atom. The number of carbonyl (C=O) groups is 2. The maximum atomic E-state index is 11.7. The van der Waals surface area contributed by atoms with Crippen molar-refractivity contribution >= 4 is 89.0 Å². The van der Waals surface area contributed by atoms with Gasteiger partial charge in [0.1, 0.15) is 18.8 Å². The van der Waals surface area contributed by atoms with Gasteiger partial charge in [0.2, 0.25) is 0 Å². The van der Waals surface area contributed by atoms with Gasteiger partial charge < -0.3 is 14.9 Å². The molecule has 0 spiro atoms. The number of anilines is 1. The lowest BCUT2D eigenvalue weighted by Gasteiger charge is -2.27. The third kappa shape index (κ3) is 8.30. The van der Waals surface area contributed by atoms with Gasteiger partial charge in [-0.3, -0.25) is 13.9 Å². The SMILES string of the molecule is O=C(O)CN(Cc1cc2ccccc2c(N(CC(=O)O)SI)c1OCCCc1ccccc1)SI. The highest BCUT2D eigenvalue weighted by atomic mass is 127. The lowest BCUT2D eigenvalue weighted by molar-refractivity contribution is -0.137. The summed E-state index contributed by atoms with van der Waals surface area (Å²) in [6.07, 6.45) is 1.64. The molecule has 3 aromatic rings. The molecule has 186 valence electrons. The summed E-state index contributed by atoms with van der Waals surface area (Å²) in [7, 11) is 2.60. The first kappa shape index (κ1) is 28.2. The van der Waals surface area contributed by atoms with Crippen molar-refractivity contribution in [3.8, 4) is 5.75 Å². The van der Waals surface area contributed by atoms with Gasteiger partial charge in [-0.15, -0.1) is 0 Å². The van der Waals surface area contributed by atoms with Gasteiger partial charge in [-0.2, -0.15) is 0 Å². The zero-order valence-electron chi connectivity index (χ0n) is 18.6. The predicted octanol–water partition coefficient (Wildman–Crippen LogP) is 6.63. The molecule has 35 heavy (non-hydrogen) atoms. The van der Waals surface area contributed by atoms with Gasteiger partial charge in [0.05, 0.1) is 12.3 Å². The van der Waals surface area contributed by atoms with Gasteiger partial charge in [0, 0.05) is 69.0 Å². The van der Waals surface area contributed by atoms with Crippen LogP contribution in [0.15, 0.2) is 60.7 Å². The summed E-state index contributed by atoms with van der Waals surface area (Å²) >= 11 is 4.15. The Morgan fingerprint density at radius 1 is 0.914 bits per heavy atom. The third-order valence-corrected chi connectivity index (χ3v) is 9.15. The number of hydrogen-bond donors (Lipinski definition) is 2. The van der Waals surface area contributed by atoms with Gasteiger partial charge >= 0.3 is 11.9 Å². The molecule has 11 heteroatoms. The number of nitrogens with zero attached hydrogens (tertiary/aromatic N) is 2. The van der Waals surface area contributed by atoms with E-state index in [1.807, 2.05) is 48.5 Å². The number of rotatable bonds is 14. The van der Waals surface area contributed by atoms with Crippen LogP contribution in [-0.4, -0.2) is 46.2 Å². The van der Waals surface area contributed by atoms with E-state index < -0.39 is 11.9 Å². The molecule has 0 aliphatic carbocycles. The number of aliphatic carboxylic acids is 2. The first-order chi connectivity index (χ1) is 16.9. The van der Waals surface area contributed by atoms with E-state index in [9.17, 15) is 19.8 Å². The lowest BCUT2D eigenvalue weighted by Crippen LogP contribution is -2.25. The summed E-state index contributed by atoms with van der Waals surface area (Å²) in [5.41, 5.74) is 2.72. The van der Waals surface area contributed by atoms with Crippen LogP contribution in [0.3, 0.4) is 0 Å². The van der Waals surface area contributed by atoms with Crippen molar-refractivity contribution in [1.29, 1.82) is 0 Å². The monoisotopic (exact) mass is 738 g/mol. The second-order valence-electron chi connectivity index (χ2n) is 7.63. The molecule has 2 N–H and O–H groups in total. The highest BCUT2D eigenvalue weighted by Crippen LogP contribution is 2.44. The van der Waals surface area contributed by atoms with Crippen molar-refractivity contribution in [2.24, 2.45) is 0 Å². The van der Waals surface area contributed by atoms with Crippen molar-refractivity contribution in [3.05, 3.63) is 71.8 Å². The first-order valence-electron chi connectivity index (χ1n) is 10.7. The Labute approximate surface area is 237 Å². The second kappa shape index (κ2) is 14.4. The normalized spacial score (nSPS) is 11.1. The molecule has 0 heterocycles. The van der Waals surface area contributed by atoms with E-state index in [0.29, 0.717) is 24.6 Å². The van der Waals surface area contributed by atoms with E-state index in [0.717, 1.165) is 29.2 Å². The molecule has 0 aliphatic heterocycles. The fourth-order valence-electron chi connectivity index (χ4n) is 3.69. The van der Waals surface area contributed by atoms with Gasteiger partial charge in [0.15, 0.2) is 0 Å². The van der Waals surface area contributed by atoms with Gasteiger partial charge in [-0.05, 0) is 39.0 Å². The van der Waals surface area contributed by atoms with Crippen LogP contribution in [-0.2, 0) is 22.6 Å². The van der Waals surface area contributed by atoms with Crippen LogP contribution in [0.2, 0.25) is 0 Å². The summed E-state index contributed by atoms with van der Waals surface area (Å²) in [6, 6.07) is 19.9. The topological polar surface area (TPSA) is 90.3 Å². The van der Waals surface area contributed by atoms with Gasteiger partial charge in [-0.1, -0.05) is 54.6 Å². The lowest BCUT2D eigenvalue weighted by atomic mass is 10.0. The zero-order chi connectivity index (χ0) is 25.2. The molecule has 0 aromatic heterocycles. The highest BCUT2D eigenvalue weighted by molar-refractivity contribution is 14.2. The summed E-state index contributed by atoms with van der Waals surface area (Å²) in [4.78, 5) is 23.0. The Balaban J connectivity index is 2.02. The van der Waals surface area contributed by atoms with Gasteiger partial charge in [0.25, 0.3) is 0 Å². The number of ether oxygens (including phenoxy) is 1. The summed E-state index contributed by atoms with van der Waals surface area (Å²) in [5, 5.41) is 20.7. The van der Waals surface area contributed by atoms with Crippen molar-refractivity contribution in [2.75, 3.05) is 24.0 Å². The van der Waals surface area contributed by atoms with E-state index in [4.69, 9.17) is 4.74 Å². The molecule has 0 radical (unpaired) electrons. The second-order valence-corrected chi connectivity index (χ2v) is 11.2. The Bertz CT molecular complexity index is 1150. The molecule has 3 aromatic carbocycles. The fraction of sp³-hybridized carbons (Fsp3) is 0.250. The Kier molecular flexibility index (Phi) is 11.5. The maximum Gasteiger partial charge on any atom is 0.324 e. The molecule has 0 aliphatic rings. The highest BCUT2D eigenvalue weighted by Gasteiger charge is 2.24. The van der Waals surface area contributed by atoms with Crippen LogP contribution >= 0.6 is 60.6 Å². The number of halogens is 2. The van der Waals surface area contributed by atoms with Crippen molar-refractivity contribution in [2.45, 2.75) is 19.4 Å². The molecule has 0 saturated heterocycles. The number of hydrogen-bond acceptors (Lipinski definition) is 7. The molecule has 0 fully saturated rings. The molecule has 0 amide bonds. The van der Waals surface area contributed by atoms with Crippen molar-refractivity contribution in [1.82, 2.24) is 4.31 Å². The number of aryl methyl sites for hydroxylation is 1. The fourth-order valence-corrected chi connectivity index (χ4v) is 6.29. The van der Waals surface area contributed by atoms with Crippen LogP contribution in [0, 0.1) is 0 Å². The van der Waals surface area contributed by atoms with Crippen LogP contribution in [0.5, 0.6) is 5.75 Å². The number of carboxylic acid groups (broad SMARTS) is 2. The number of carboxylic acids is 2. The van der Waals surface area contributed by atoms with Crippen LogP contribution < -0.4 is 9.04 Å². The van der Waals surface area contributed by atoms with E-state index in [1.54, 1.807) is 8.61 Å². The van der Waals surface area contributed by atoms with Crippen LogP contribution in [0.4, 0.5) is 5.69 Å². The largest absolute Gasteiger partial charge is 0.491 e. The molecular formula is C24H24I2N2O5S2. The Hall–Kier alpha value is -1.42. The molecule has 0 saturated carbocycles. The minimum atomic E-state index is -0.950. The van der Waals surface area contributed by atoms with Crippen molar-refractivity contribution < 1.29 is 24.5 Å². The predicted molar refractivity (Wildman–Crippen MR) is 160 cm³/mol. The molecule has 0 unspecified atom stereocenters. The molecule has 0 bridgehead atoms. The zero-order valence-corrected chi connectivity index (χ0v) is 24.6. The van der Waals surface area contributed by atoms with Crippen LogP contribution in [0.1, 0.15) is 17.5 Å². The average Bonchev–Trinajstić information content (AvgIpc) is 2.85. The Morgan fingerprint density at radius 3 is 2.26 bits per heavy atom. The van der Waals surface area contributed by atoms with E-state index >= 15 is 0 Å². The van der Waals surface area contributed by atoms with E-state index in [2.05, 4.69) is 54.5 Å². The van der Waals surface area contributed by atoms with Crippen LogP contribution in [0.25, 0.3) is 10.8 Å². The number of fused-ring (bicyclic) bond motifs is 1. The standard InChI is InChI=1S/C24H24I2N2O5S2/c25-34-27(15-21(29)30)14-19-13-18-10-4-5-11-20(18)23(28(35-26)16-22(31)32)24(19)33-12-6-9-17-7-2-1-3-8-17/h1-5,7-8,10-11,13H,6,9,12,14-16H2,(H,29,30)(H,31,32). The molecule has 0 atom stereocenters. The molecular weight excluding hydrogens is 714 g/mol. The van der Waals surface area contributed by atoms with E-state index in [-0.39, 0.29) is 13.1 Å².